The number of rotatable bonds is 2. The molecule has 1 aliphatic heterocycles. The summed E-state index contributed by atoms with van der Waals surface area (Å²) in [7, 11) is 1.97. The van der Waals surface area contributed by atoms with Crippen LogP contribution in [0.5, 0.6) is 0 Å². The van der Waals surface area contributed by atoms with Crippen LogP contribution in [0.15, 0.2) is 42.7 Å². The van der Waals surface area contributed by atoms with E-state index in [4.69, 9.17) is 28.3 Å². The zero-order valence-electron chi connectivity index (χ0n) is 13.5. The molecule has 2 aromatic heterocycles. The van der Waals surface area contributed by atoms with Gasteiger partial charge in [0.2, 0.25) is 0 Å². The molecule has 7 heteroatoms. The summed E-state index contributed by atoms with van der Waals surface area (Å²) in [5.41, 5.74) is 4.22. The van der Waals surface area contributed by atoms with E-state index in [-0.39, 0.29) is 5.25 Å². The van der Waals surface area contributed by atoms with Crippen molar-refractivity contribution in [2.24, 2.45) is 7.05 Å². The van der Waals surface area contributed by atoms with Gasteiger partial charge >= 0.3 is 0 Å². The fourth-order valence-electron chi connectivity index (χ4n) is 3.11. The van der Waals surface area contributed by atoms with Crippen molar-refractivity contribution in [1.82, 2.24) is 14.8 Å². The molecule has 0 saturated heterocycles. The lowest BCUT2D eigenvalue weighted by Crippen LogP contribution is -2.06. The van der Waals surface area contributed by atoms with Crippen LogP contribution in [0.4, 0.5) is 5.82 Å². The van der Waals surface area contributed by atoms with Gasteiger partial charge in [-0.2, -0.15) is 5.10 Å². The van der Waals surface area contributed by atoms with E-state index in [0.29, 0.717) is 10.0 Å². The van der Waals surface area contributed by atoms with E-state index in [2.05, 4.69) is 10.3 Å². The van der Waals surface area contributed by atoms with Crippen LogP contribution in [-0.2, 0) is 7.05 Å². The van der Waals surface area contributed by atoms with Crippen molar-refractivity contribution in [3.8, 4) is 11.3 Å². The number of fused-ring (bicyclic) bond motifs is 1. The first-order chi connectivity index (χ1) is 12.1. The quantitative estimate of drug-likeness (QED) is 0.665. The average Bonchev–Trinajstić information content (AvgIpc) is 2.79. The SMILES string of the molecule is Cn1nc(-c2ccncc2)c2c1NCCSC2c1ccc(Cl)cc1Cl. The Morgan fingerprint density at radius 2 is 2.00 bits per heavy atom. The van der Waals surface area contributed by atoms with Crippen molar-refractivity contribution in [2.45, 2.75) is 5.25 Å². The monoisotopic (exact) mass is 390 g/mol. The summed E-state index contributed by atoms with van der Waals surface area (Å²) in [6.45, 7) is 0.884. The highest BCUT2D eigenvalue weighted by atomic mass is 35.5. The third-order valence-electron chi connectivity index (χ3n) is 4.22. The van der Waals surface area contributed by atoms with E-state index >= 15 is 0 Å². The van der Waals surface area contributed by atoms with Crippen molar-refractivity contribution in [3.05, 3.63) is 63.9 Å². The van der Waals surface area contributed by atoms with E-state index < -0.39 is 0 Å². The van der Waals surface area contributed by atoms with Gasteiger partial charge < -0.3 is 5.32 Å². The van der Waals surface area contributed by atoms with Gasteiger partial charge in [0.15, 0.2) is 0 Å². The number of benzene rings is 1. The van der Waals surface area contributed by atoms with Gasteiger partial charge in [-0.15, -0.1) is 11.8 Å². The van der Waals surface area contributed by atoms with Crippen LogP contribution >= 0.6 is 35.0 Å². The molecular weight excluding hydrogens is 375 g/mol. The molecule has 1 N–H and O–H groups in total. The Kier molecular flexibility index (Phi) is 4.63. The summed E-state index contributed by atoms with van der Waals surface area (Å²) in [5.74, 6) is 2.02. The second kappa shape index (κ2) is 6.90. The molecule has 0 fully saturated rings. The third kappa shape index (κ3) is 3.12. The predicted octanol–water partition coefficient (Wildman–Crippen LogP) is 5.04. The molecule has 0 bridgehead atoms. The molecule has 1 aliphatic rings. The fraction of sp³-hybridized carbons (Fsp3) is 0.222. The van der Waals surface area contributed by atoms with Crippen LogP contribution < -0.4 is 5.32 Å². The molecule has 0 saturated carbocycles. The highest BCUT2D eigenvalue weighted by Crippen LogP contribution is 2.47. The van der Waals surface area contributed by atoms with Crippen LogP contribution in [0.2, 0.25) is 10.0 Å². The first-order valence-corrected chi connectivity index (χ1v) is 9.73. The normalized spacial score (nSPS) is 16.8. The number of pyridine rings is 1. The van der Waals surface area contributed by atoms with E-state index in [1.807, 2.05) is 47.8 Å². The largest absolute Gasteiger partial charge is 0.369 e. The standard InChI is InChI=1S/C18H16Cl2N4S/c1-24-18-15(16(23-24)11-4-6-21-7-5-11)17(25-9-8-22-18)13-3-2-12(19)10-14(13)20/h2-7,10,17,22H,8-9H2,1H3. The number of aryl methyl sites for hydroxylation is 1. The van der Waals surface area contributed by atoms with Crippen LogP contribution in [-0.4, -0.2) is 27.1 Å². The summed E-state index contributed by atoms with van der Waals surface area (Å²) < 4.78 is 1.91. The molecule has 0 spiro atoms. The summed E-state index contributed by atoms with van der Waals surface area (Å²) >= 11 is 14.5. The Balaban J connectivity index is 1.92. The Morgan fingerprint density at radius 3 is 2.76 bits per heavy atom. The topological polar surface area (TPSA) is 42.7 Å². The van der Waals surface area contributed by atoms with Crippen molar-refractivity contribution < 1.29 is 0 Å². The molecule has 1 atom stereocenters. The number of nitrogens with one attached hydrogen (secondary N) is 1. The minimum Gasteiger partial charge on any atom is -0.369 e. The molecule has 3 aromatic rings. The summed E-state index contributed by atoms with van der Waals surface area (Å²) in [4.78, 5) is 4.12. The zero-order chi connectivity index (χ0) is 17.4. The van der Waals surface area contributed by atoms with Gasteiger partial charge in [0.05, 0.1) is 10.9 Å². The molecule has 3 heterocycles. The van der Waals surface area contributed by atoms with Gasteiger partial charge in [-0.25, -0.2) is 0 Å². The van der Waals surface area contributed by atoms with E-state index in [1.165, 1.54) is 0 Å². The van der Waals surface area contributed by atoms with Gasteiger partial charge in [0.25, 0.3) is 0 Å². The lowest BCUT2D eigenvalue weighted by molar-refractivity contribution is 0.774. The molecule has 4 nitrogen and oxygen atoms in total. The Morgan fingerprint density at radius 1 is 1.20 bits per heavy atom. The van der Waals surface area contributed by atoms with E-state index in [0.717, 1.165) is 40.5 Å². The van der Waals surface area contributed by atoms with Gasteiger partial charge in [0.1, 0.15) is 5.82 Å². The molecular formula is C18H16Cl2N4S. The van der Waals surface area contributed by atoms with Gasteiger partial charge in [0, 0.05) is 52.9 Å². The van der Waals surface area contributed by atoms with E-state index in [1.54, 1.807) is 18.5 Å². The van der Waals surface area contributed by atoms with Crippen molar-refractivity contribution >= 4 is 40.8 Å². The predicted molar refractivity (Wildman–Crippen MR) is 106 cm³/mol. The third-order valence-corrected chi connectivity index (χ3v) is 6.05. The second-order valence-electron chi connectivity index (χ2n) is 5.81. The Hall–Kier alpha value is -1.69. The minimum absolute atomic E-state index is 0.0895. The Labute approximate surface area is 160 Å². The molecule has 0 aliphatic carbocycles. The lowest BCUT2D eigenvalue weighted by atomic mass is 10.0. The molecule has 128 valence electrons. The van der Waals surface area contributed by atoms with Gasteiger partial charge in [-0.3, -0.25) is 9.67 Å². The number of hydrogen-bond donors (Lipinski definition) is 1. The summed E-state index contributed by atoms with van der Waals surface area (Å²) in [6.07, 6.45) is 3.58. The second-order valence-corrected chi connectivity index (χ2v) is 7.87. The maximum absolute atomic E-state index is 6.53. The maximum Gasteiger partial charge on any atom is 0.129 e. The molecule has 1 unspecified atom stereocenters. The lowest BCUT2D eigenvalue weighted by Gasteiger charge is -2.18. The smallest absolute Gasteiger partial charge is 0.129 e. The van der Waals surface area contributed by atoms with E-state index in [9.17, 15) is 0 Å². The fourth-order valence-corrected chi connectivity index (χ4v) is 4.92. The van der Waals surface area contributed by atoms with Crippen LogP contribution in [0, 0.1) is 0 Å². The highest BCUT2D eigenvalue weighted by molar-refractivity contribution is 7.99. The highest BCUT2D eigenvalue weighted by Gasteiger charge is 2.30. The first kappa shape index (κ1) is 16.8. The Bertz CT molecular complexity index is 911. The number of thioether (sulfide) groups is 1. The first-order valence-electron chi connectivity index (χ1n) is 7.93. The van der Waals surface area contributed by atoms with Crippen LogP contribution in [0.3, 0.4) is 0 Å². The van der Waals surface area contributed by atoms with Gasteiger partial charge in [-0.05, 0) is 29.8 Å². The van der Waals surface area contributed by atoms with Gasteiger partial charge in [-0.1, -0.05) is 29.3 Å². The molecule has 4 rings (SSSR count). The number of aromatic nitrogens is 3. The van der Waals surface area contributed by atoms with Crippen molar-refractivity contribution in [3.63, 3.8) is 0 Å². The number of anilines is 1. The average molecular weight is 391 g/mol. The minimum atomic E-state index is 0.0895. The maximum atomic E-state index is 6.53. The number of halogens is 2. The van der Waals surface area contributed by atoms with Crippen molar-refractivity contribution in [1.29, 1.82) is 0 Å². The summed E-state index contributed by atoms with van der Waals surface area (Å²) in [6, 6.07) is 9.68. The molecule has 1 aromatic carbocycles. The van der Waals surface area contributed by atoms with Crippen molar-refractivity contribution in [2.75, 3.05) is 17.6 Å². The molecule has 0 amide bonds. The van der Waals surface area contributed by atoms with Crippen LogP contribution in [0.1, 0.15) is 16.4 Å². The van der Waals surface area contributed by atoms with Crippen LogP contribution in [0.25, 0.3) is 11.3 Å². The summed E-state index contributed by atoms with van der Waals surface area (Å²) in [5, 5.41) is 9.70. The number of hydrogen-bond acceptors (Lipinski definition) is 4. The number of nitrogens with zero attached hydrogens (tertiary/aromatic N) is 3. The zero-order valence-corrected chi connectivity index (χ0v) is 15.9. The molecule has 0 radical (unpaired) electrons. The molecule has 25 heavy (non-hydrogen) atoms.